The highest BCUT2D eigenvalue weighted by molar-refractivity contribution is 7.90. The maximum atomic E-state index is 13.9. The molecule has 3 aromatic rings. The van der Waals surface area contributed by atoms with E-state index in [0.29, 0.717) is 42.4 Å². The Hall–Kier alpha value is -2.07. The highest BCUT2D eigenvalue weighted by atomic mass is 32.2. The number of nitrogens with one attached hydrogen (secondary N) is 2. The van der Waals surface area contributed by atoms with Crippen molar-refractivity contribution in [1.29, 1.82) is 0 Å². The lowest BCUT2D eigenvalue weighted by Crippen LogP contribution is -2.35. The van der Waals surface area contributed by atoms with Crippen molar-refractivity contribution < 1.29 is 17.2 Å². The highest BCUT2D eigenvalue weighted by Gasteiger charge is 2.42. The highest BCUT2D eigenvalue weighted by Crippen LogP contribution is 2.43. The van der Waals surface area contributed by atoms with Gasteiger partial charge in [0.05, 0.1) is 17.0 Å². The van der Waals surface area contributed by atoms with E-state index in [2.05, 4.69) is 19.7 Å². The largest absolute Gasteiger partial charge is 0.346 e. The Bertz CT molecular complexity index is 1170. The lowest BCUT2D eigenvalue weighted by Gasteiger charge is -2.23. The third kappa shape index (κ3) is 3.13. The Kier molecular flexibility index (Phi) is 4.39. The van der Waals surface area contributed by atoms with E-state index in [1.807, 2.05) is 13.0 Å². The number of hydrogen-bond donors (Lipinski definition) is 2. The number of H-pyrrole nitrogens is 1. The number of pyridine rings is 1. The van der Waals surface area contributed by atoms with Gasteiger partial charge in [0, 0.05) is 23.7 Å². The molecule has 2 N–H and O–H groups in total. The van der Waals surface area contributed by atoms with Crippen molar-refractivity contribution in [3.05, 3.63) is 24.3 Å². The molecular formula is C19H23F2N5O2S. The van der Waals surface area contributed by atoms with Crippen molar-refractivity contribution in [3.8, 4) is 0 Å². The molecule has 0 amide bonds. The SMILES string of the molecule is CC[C@@H]1CC(NS(=O)(=O)C2CC2)C[C@@H]1n1c(C(F)F)nc2cnc3[nH]ccc3c21. The molecule has 29 heavy (non-hydrogen) atoms. The van der Waals surface area contributed by atoms with Gasteiger partial charge >= 0.3 is 0 Å². The Morgan fingerprint density at radius 3 is 2.83 bits per heavy atom. The fraction of sp³-hybridized carbons (Fsp3) is 0.579. The van der Waals surface area contributed by atoms with Crippen LogP contribution in [0.1, 0.15) is 57.3 Å². The van der Waals surface area contributed by atoms with Gasteiger partial charge in [-0.25, -0.2) is 31.9 Å². The minimum absolute atomic E-state index is 0.0824. The maximum Gasteiger partial charge on any atom is 0.295 e. The first-order chi connectivity index (χ1) is 13.9. The van der Waals surface area contributed by atoms with Crippen LogP contribution in [-0.4, -0.2) is 39.2 Å². The molecule has 2 saturated carbocycles. The summed E-state index contributed by atoms with van der Waals surface area (Å²) in [5, 5.41) is 0.455. The number of halogens is 2. The lowest BCUT2D eigenvalue weighted by molar-refractivity contribution is 0.131. The van der Waals surface area contributed by atoms with Crippen LogP contribution in [0, 0.1) is 5.92 Å². The van der Waals surface area contributed by atoms with Crippen molar-refractivity contribution in [3.63, 3.8) is 0 Å². The molecule has 0 aliphatic heterocycles. The molecule has 7 nitrogen and oxygen atoms in total. The van der Waals surface area contributed by atoms with E-state index in [-0.39, 0.29) is 29.1 Å². The molecule has 0 aromatic carbocycles. The first-order valence-corrected chi connectivity index (χ1v) is 11.6. The van der Waals surface area contributed by atoms with Gasteiger partial charge in [0.2, 0.25) is 10.0 Å². The normalized spacial score (nSPS) is 25.6. The zero-order valence-corrected chi connectivity index (χ0v) is 16.8. The van der Waals surface area contributed by atoms with Crippen LogP contribution in [0.2, 0.25) is 0 Å². The van der Waals surface area contributed by atoms with E-state index in [4.69, 9.17) is 0 Å². The molecule has 1 unspecified atom stereocenters. The first-order valence-electron chi connectivity index (χ1n) is 10.0. The van der Waals surface area contributed by atoms with Crippen molar-refractivity contribution in [2.75, 3.05) is 0 Å². The zero-order valence-electron chi connectivity index (χ0n) is 16.0. The Morgan fingerprint density at radius 2 is 2.14 bits per heavy atom. The molecule has 2 aliphatic rings. The number of nitrogens with zero attached hydrogens (tertiary/aromatic N) is 3. The second kappa shape index (κ2) is 6.73. The van der Waals surface area contributed by atoms with Crippen LogP contribution in [0.15, 0.2) is 18.5 Å². The van der Waals surface area contributed by atoms with Gasteiger partial charge in [-0.2, -0.15) is 0 Å². The fourth-order valence-electron chi connectivity index (χ4n) is 4.76. The summed E-state index contributed by atoms with van der Waals surface area (Å²) in [6.07, 6.45) is 3.80. The Morgan fingerprint density at radius 1 is 1.34 bits per heavy atom. The van der Waals surface area contributed by atoms with E-state index < -0.39 is 16.4 Å². The van der Waals surface area contributed by atoms with Crippen LogP contribution >= 0.6 is 0 Å². The van der Waals surface area contributed by atoms with Crippen molar-refractivity contribution in [2.24, 2.45) is 5.92 Å². The van der Waals surface area contributed by atoms with Gasteiger partial charge in [0.25, 0.3) is 6.43 Å². The van der Waals surface area contributed by atoms with Gasteiger partial charge in [-0.1, -0.05) is 13.3 Å². The van der Waals surface area contributed by atoms with E-state index >= 15 is 0 Å². The smallest absolute Gasteiger partial charge is 0.295 e. The molecule has 3 atom stereocenters. The average molecular weight is 423 g/mol. The third-order valence-electron chi connectivity index (χ3n) is 6.26. The summed E-state index contributed by atoms with van der Waals surface area (Å²) in [4.78, 5) is 11.5. The quantitative estimate of drug-likeness (QED) is 0.633. The summed E-state index contributed by atoms with van der Waals surface area (Å²) in [6, 6.07) is 1.32. The zero-order chi connectivity index (χ0) is 20.3. The number of rotatable bonds is 6. The molecule has 156 valence electrons. The van der Waals surface area contributed by atoms with Crippen LogP contribution < -0.4 is 4.72 Å². The fourth-order valence-corrected chi connectivity index (χ4v) is 6.37. The third-order valence-corrected chi connectivity index (χ3v) is 8.28. The van der Waals surface area contributed by atoms with Gasteiger partial charge in [-0.15, -0.1) is 0 Å². The number of alkyl halides is 2. The predicted octanol–water partition coefficient (Wildman–Crippen LogP) is 3.66. The van der Waals surface area contributed by atoms with Crippen molar-refractivity contribution in [1.82, 2.24) is 24.2 Å². The molecular weight excluding hydrogens is 400 g/mol. The molecule has 5 rings (SSSR count). The van der Waals surface area contributed by atoms with E-state index in [1.165, 1.54) is 6.20 Å². The number of aromatic amines is 1. The molecule has 0 bridgehead atoms. The van der Waals surface area contributed by atoms with Crippen LogP contribution in [-0.2, 0) is 10.0 Å². The number of aromatic nitrogens is 4. The van der Waals surface area contributed by atoms with Gasteiger partial charge in [-0.05, 0) is 37.7 Å². The van der Waals surface area contributed by atoms with Gasteiger partial charge in [0.15, 0.2) is 5.82 Å². The number of sulfonamides is 1. The summed E-state index contributed by atoms with van der Waals surface area (Å²) in [7, 11) is -3.33. The van der Waals surface area contributed by atoms with Crippen LogP contribution in [0.4, 0.5) is 8.78 Å². The molecule has 3 heterocycles. The van der Waals surface area contributed by atoms with Crippen molar-refractivity contribution in [2.45, 2.75) is 62.8 Å². The summed E-state index contributed by atoms with van der Waals surface area (Å²) >= 11 is 0. The molecule has 0 saturated heterocycles. The first kappa shape index (κ1) is 18.9. The molecule has 0 radical (unpaired) electrons. The Balaban J connectivity index is 1.59. The molecule has 2 fully saturated rings. The van der Waals surface area contributed by atoms with Crippen LogP contribution in [0.3, 0.4) is 0 Å². The molecule has 2 aliphatic carbocycles. The van der Waals surface area contributed by atoms with E-state index in [0.717, 1.165) is 11.8 Å². The Labute approximate surface area is 167 Å². The second-order valence-electron chi connectivity index (χ2n) is 8.14. The summed E-state index contributed by atoms with van der Waals surface area (Å²) in [5.41, 5.74) is 1.70. The van der Waals surface area contributed by atoms with E-state index in [1.54, 1.807) is 10.8 Å². The van der Waals surface area contributed by atoms with Gasteiger partial charge < -0.3 is 9.55 Å². The standard InChI is InChI=1S/C19H23F2N5O2S/c1-2-10-7-11(25-29(27,28)12-3-4-12)8-15(10)26-16-13-5-6-22-18(13)23-9-14(16)24-19(26)17(20)21/h5-6,9-12,15,17,25H,2-4,7-8H2,1H3,(H,22,23)/t10-,11?,15+/m1/s1. The predicted molar refractivity (Wildman–Crippen MR) is 105 cm³/mol. The topological polar surface area (TPSA) is 92.7 Å². The minimum atomic E-state index is -3.33. The van der Waals surface area contributed by atoms with Crippen LogP contribution in [0.25, 0.3) is 22.1 Å². The molecule has 10 heteroatoms. The number of imidazole rings is 1. The average Bonchev–Trinajstić information content (AvgIpc) is 3.14. The molecule has 0 spiro atoms. The molecule has 3 aromatic heterocycles. The summed E-state index contributed by atoms with van der Waals surface area (Å²) in [6.45, 7) is 2.02. The lowest BCUT2D eigenvalue weighted by atomic mass is 10.00. The van der Waals surface area contributed by atoms with E-state index in [9.17, 15) is 17.2 Å². The van der Waals surface area contributed by atoms with Gasteiger partial charge in [0.1, 0.15) is 11.2 Å². The monoisotopic (exact) mass is 423 g/mol. The second-order valence-corrected chi connectivity index (χ2v) is 10.1. The summed E-state index contributed by atoms with van der Waals surface area (Å²) < 4.78 is 57.2. The van der Waals surface area contributed by atoms with Crippen LogP contribution in [0.5, 0.6) is 0 Å². The number of hydrogen-bond acceptors (Lipinski definition) is 4. The minimum Gasteiger partial charge on any atom is -0.346 e. The summed E-state index contributed by atoms with van der Waals surface area (Å²) in [5.74, 6) is -0.191. The number of fused-ring (bicyclic) bond motifs is 3. The van der Waals surface area contributed by atoms with Crippen molar-refractivity contribution >= 4 is 32.1 Å². The maximum absolute atomic E-state index is 13.9. The van der Waals surface area contributed by atoms with Gasteiger partial charge in [-0.3, -0.25) is 0 Å².